The van der Waals surface area contributed by atoms with E-state index in [1.807, 2.05) is 6.07 Å². The molecule has 0 N–H and O–H groups in total. The number of carbonyl (C=O) groups excluding carboxylic acids is 1. The minimum Gasteiger partial charge on any atom is -0.299 e. The van der Waals surface area contributed by atoms with Crippen LogP contribution in [0, 0.1) is 5.92 Å². The molecule has 0 spiro atoms. The molecule has 1 aromatic carbocycles. The van der Waals surface area contributed by atoms with Crippen molar-refractivity contribution in [2.45, 2.75) is 26.3 Å². The summed E-state index contributed by atoms with van der Waals surface area (Å²) in [5.74, 6) is 0.689. The van der Waals surface area contributed by atoms with E-state index < -0.39 is 0 Å². The van der Waals surface area contributed by atoms with Crippen molar-refractivity contribution in [1.29, 1.82) is 0 Å². The van der Waals surface area contributed by atoms with Crippen molar-refractivity contribution in [2.24, 2.45) is 5.92 Å². The number of halogens is 1. The van der Waals surface area contributed by atoms with Gasteiger partial charge in [-0.3, -0.25) is 9.69 Å². The molecule has 2 nitrogen and oxygen atoms in total. The summed E-state index contributed by atoms with van der Waals surface area (Å²) in [4.78, 5) is 14.0. The third kappa shape index (κ3) is 3.39. The third-order valence-corrected chi connectivity index (χ3v) is 3.89. The fourth-order valence-corrected chi connectivity index (χ4v) is 2.82. The van der Waals surface area contributed by atoms with Gasteiger partial charge < -0.3 is 0 Å². The highest BCUT2D eigenvalue weighted by molar-refractivity contribution is 9.10. The van der Waals surface area contributed by atoms with Crippen LogP contribution in [0.2, 0.25) is 0 Å². The van der Waals surface area contributed by atoms with Crippen LogP contribution >= 0.6 is 15.9 Å². The summed E-state index contributed by atoms with van der Waals surface area (Å²) < 4.78 is 1.12. The monoisotopic (exact) mass is 295 g/mol. The molecule has 0 bridgehead atoms. The third-order valence-electron chi connectivity index (χ3n) is 3.40. The van der Waals surface area contributed by atoms with Crippen LogP contribution in [0.3, 0.4) is 0 Å². The molecule has 1 aliphatic heterocycles. The Balaban J connectivity index is 1.98. The van der Waals surface area contributed by atoms with Crippen LogP contribution in [-0.4, -0.2) is 23.8 Å². The minimum absolute atomic E-state index is 0.246. The highest BCUT2D eigenvalue weighted by Crippen LogP contribution is 2.19. The normalized spacial score (nSPS) is 21.8. The van der Waals surface area contributed by atoms with E-state index in [9.17, 15) is 4.79 Å². The van der Waals surface area contributed by atoms with Crippen molar-refractivity contribution in [3.63, 3.8) is 0 Å². The van der Waals surface area contributed by atoms with Gasteiger partial charge >= 0.3 is 0 Å². The van der Waals surface area contributed by atoms with Gasteiger partial charge in [-0.1, -0.05) is 35.0 Å². The van der Waals surface area contributed by atoms with E-state index in [2.05, 4.69) is 46.0 Å². The molecule has 0 aliphatic carbocycles. The summed E-state index contributed by atoms with van der Waals surface area (Å²) in [6, 6.07) is 8.39. The van der Waals surface area contributed by atoms with E-state index in [4.69, 9.17) is 0 Å². The zero-order valence-electron chi connectivity index (χ0n) is 10.2. The molecule has 0 radical (unpaired) electrons. The summed E-state index contributed by atoms with van der Waals surface area (Å²) in [6.07, 6.45) is 1.68. The summed E-state index contributed by atoms with van der Waals surface area (Å²) >= 11 is 3.49. The summed E-state index contributed by atoms with van der Waals surface area (Å²) in [5.41, 5.74) is 1.31. The first kappa shape index (κ1) is 12.8. The molecule has 0 aromatic heterocycles. The fourth-order valence-electron chi connectivity index (χ4n) is 2.37. The molecule has 0 amide bonds. The van der Waals surface area contributed by atoms with Gasteiger partial charge in [-0.2, -0.15) is 0 Å². The zero-order valence-corrected chi connectivity index (χ0v) is 11.7. The molecule has 1 unspecified atom stereocenters. The Labute approximate surface area is 111 Å². The van der Waals surface area contributed by atoms with Gasteiger partial charge in [0, 0.05) is 36.4 Å². The number of nitrogens with zero attached hydrogens (tertiary/aromatic N) is 1. The molecule has 17 heavy (non-hydrogen) atoms. The fraction of sp³-hybridized carbons (Fsp3) is 0.500. The largest absolute Gasteiger partial charge is 0.299 e. The Bertz CT molecular complexity index is 405. The number of benzene rings is 1. The SMILES string of the molecule is CCC1CN(Cc2cccc(Br)c2)CCC1=O. The highest BCUT2D eigenvalue weighted by atomic mass is 79.9. The maximum atomic E-state index is 11.6. The maximum Gasteiger partial charge on any atom is 0.138 e. The number of ketones is 1. The number of hydrogen-bond acceptors (Lipinski definition) is 2. The Kier molecular flexibility index (Phi) is 4.35. The molecule has 1 aromatic rings. The number of Topliss-reactive ketones (excluding diaryl/α,β-unsaturated/α-hetero) is 1. The first-order valence-electron chi connectivity index (χ1n) is 6.18. The van der Waals surface area contributed by atoms with Crippen molar-refractivity contribution in [3.8, 4) is 0 Å². The van der Waals surface area contributed by atoms with Gasteiger partial charge in [0.05, 0.1) is 0 Å². The Morgan fingerprint density at radius 3 is 3.00 bits per heavy atom. The second-order valence-corrected chi connectivity index (χ2v) is 5.60. The van der Waals surface area contributed by atoms with Crippen molar-refractivity contribution >= 4 is 21.7 Å². The highest BCUT2D eigenvalue weighted by Gasteiger charge is 2.25. The molecule has 1 heterocycles. The van der Waals surface area contributed by atoms with Gasteiger partial charge in [-0.15, -0.1) is 0 Å². The van der Waals surface area contributed by atoms with Gasteiger partial charge in [0.25, 0.3) is 0 Å². The summed E-state index contributed by atoms with van der Waals surface area (Å²) in [5, 5.41) is 0. The molecule has 1 aliphatic rings. The zero-order chi connectivity index (χ0) is 12.3. The van der Waals surface area contributed by atoms with Crippen molar-refractivity contribution in [3.05, 3.63) is 34.3 Å². The lowest BCUT2D eigenvalue weighted by molar-refractivity contribution is -0.126. The lowest BCUT2D eigenvalue weighted by atomic mass is 9.94. The van der Waals surface area contributed by atoms with Gasteiger partial charge in [-0.05, 0) is 24.1 Å². The Morgan fingerprint density at radius 2 is 2.29 bits per heavy atom. The first-order chi connectivity index (χ1) is 8.19. The smallest absolute Gasteiger partial charge is 0.138 e. The molecular formula is C14H18BrNO. The van der Waals surface area contributed by atoms with Crippen LogP contribution in [-0.2, 0) is 11.3 Å². The van der Waals surface area contributed by atoms with Crippen LogP contribution in [0.15, 0.2) is 28.7 Å². The molecule has 1 fully saturated rings. The maximum absolute atomic E-state index is 11.6. The van der Waals surface area contributed by atoms with E-state index in [0.29, 0.717) is 12.2 Å². The number of piperidine rings is 1. The van der Waals surface area contributed by atoms with E-state index in [-0.39, 0.29) is 5.92 Å². The van der Waals surface area contributed by atoms with E-state index in [1.165, 1.54) is 5.56 Å². The van der Waals surface area contributed by atoms with Gasteiger partial charge in [0.1, 0.15) is 5.78 Å². The molecule has 1 saturated heterocycles. The second kappa shape index (κ2) is 5.78. The van der Waals surface area contributed by atoms with E-state index >= 15 is 0 Å². The first-order valence-corrected chi connectivity index (χ1v) is 6.98. The Morgan fingerprint density at radius 1 is 1.47 bits per heavy atom. The van der Waals surface area contributed by atoms with Gasteiger partial charge in [0.2, 0.25) is 0 Å². The van der Waals surface area contributed by atoms with Gasteiger partial charge in [0.15, 0.2) is 0 Å². The number of rotatable bonds is 3. The van der Waals surface area contributed by atoms with Crippen molar-refractivity contribution in [2.75, 3.05) is 13.1 Å². The van der Waals surface area contributed by atoms with Crippen molar-refractivity contribution < 1.29 is 4.79 Å². The van der Waals surface area contributed by atoms with Crippen LogP contribution in [0.4, 0.5) is 0 Å². The van der Waals surface area contributed by atoms with Crippen LogP contribution < -0.4 is 0 Å². The molecular weight excluding hydrogens is 278 g/mol. The molecule has 1 atom stereocenters. The van der Waals surface area contributed by atoms with Crippen LogP contribution in [0.25, 0.3) is 0 Å². The molecule has 2 rings (SSSR count). The molecule has 3 heteroatoms. The lowest BCUT2D eigenvalue weighted by Gasteiger charge is -2.31. The molecule has 0 saturated carbocycles. The quantitative estimate of drug-likeness (QED) is 0.853. The standard InChI is InChI=1S/C14H18BrNO/c1-2-12-10-16(7-6-14(12)17)9-11-4-3-5-13(15)8-11/h3-5,8,12H,2,6-7,9-10H2,1H3. The lowest BCUT2D eigenvalue weighted by Crippen LogP contribution is -2.40. The summed E-state index contributed by atoms with van der Waals surface area (Å²) in [7, 11) is 0. The average molecular weight is 296 g/mol. The predicted octanol–water partition coefficient (Wildman–Crippen LogP) is 3.25. The number of carbonyl (C=O) groups is 1. The minimum atomic E-state index is 0.246. The molecule has 92 valence electrons. The Hall–Kier alpha value is -0.670. The van der Waals surface area contributed by atoms with Crippen LogP contribution in [0.1, 0.15) is 25.3 Å². The van der Waals surface area contributed by atoms with E-state index in [0.717, 1.165) is 30.5 Å². The topological polar surface area (TPSA) is 20.3 Å². The van der Waals surface area contributed by atoms with Crippen LogP contribution in [0.5, 0.6) is 0 Å². The number of hydrogen-bond donors (Lipinski definition) is 0. The summed E-state index contributed by atoms with van der Waals surface area (Å²) in [6.45, 7) is 4.87. The predicted molar refractivity (Wildman–Crippen MR) is 72.8 cm³/mol. The van der Waals surface area contributed by atoms with Gasteiger partial charge in [-0.25, -0.2) is 0 Å². The van der Waals surface area contributed by atoms with Crippen molar-refractivity contribution in [1.82, 2.24) is 4.90 Å². The van der Waals surface area contributed by atoms with E-state index in [1.54, 1.807) is 0 Å². The second-order valence-electron chi connectivity index (χ2n) is 4.69. The number of likely N-dealkylation sites (tertiary alicyclic amines) is 1. The average Bonchev–Trinajstić information content (AvgIpc) is 2.32.